The van der Waals surface area contributed by atoms with Crippen LogP contribution in [0.5, 0.6) is 0 Å². The van der Waals surface area contributed by atoms with E-state index < -0.39 is 9.84 Å². The number of fused-ring (bicyclic) bond motifs is 1. The van der Waals surface area contributed by atoms with Crippen LogP contribution in [0.1, 0.15) is 41.0 Å². The number of hydrogen-bond acceptors (Lipinski definition) is 5. The van der Waals surface area contributed by atoms with E-state index >= 15 is 0 Å². The molecule has 0 spiro atoms. The normalized spacial score (nSPS) is 14.0. The van der Waals surface area contributed by atoms with Gasteiger partial charge >= 0.3 is 5.69 Å². The highest BCUT2D eigenvalue weighted by Gasteiger charge is 2.16. The molecule has 8 nitrogen and oxygen atoms in total. The average Bonchev–Trinajstić information content (AvgIpc) is 2.94. The Kier molecular flexibility index (Phi) is 5.79. The number of aryl methyl sites for hydroxylation is 2. The summed E-state index contributed by atoms with van der Waals surface area (Å²) in [6, 6.07) is 6.59. The fraction of sp³-hybridized carbons (Fsp3) is 0.500. The number of hydrogen-bond donors (Lipinski definition) is 1. The van der Waals surface area contributed by atoms with Gasteiger partial charge in [-0.25, -0.2) is 17.9 Å². The Bertz CT molecular complexity index is 991. The summed E-state index contributed by atoms with van der Waals surface area (Å²) in [5.74, 6) is 0.488. The van der Waals surface area contributed by atoms with Crippen LogP contribution < -0.4 is 11.0 Å². The summed E-state index contributed by atoms with van der Waals surface area (Å²) in [6.07, 6.45) is 4.65. The summed E-state index contributed by atoms with van der Waals surface area (Å²) in [5.41, 5.74) is 0.926. The second-order valence-corrected chi connectivity index (χ2v) is 9.05. The summed E-state index contributed by atoms with van der Waals surface area (Å²) >= 11 is 0. The van der Waals surface area contributed by atoms with Crippen LogP contribution in [-0.2, 0) is 35.1 Å². The highest BCUT2D eigenvalue weighted by molar-refractivity contribution is 7.89. The summed E-state index contributed by atoms with van der Waals surface area (Å²) in [4.78, 5) is 24.5. The van der Waals surface area contributed by atoms with Gasteiger partial charge in [0, 0.05) is 37.9 Å². The molecule has 1 N–H and O–H groups in total. The van der Waals surface area contributed by atoms with Crippen LogP contribution in [0.4, 0.5) is 0 Å². The van der Waals surface area contributed by atoms with Crippen molar-refractivity contribution in [3.63, 3.8) is 0 Å². The fourth-order valence-corrected chi connectivity index (χ4v) is 4.02. The van der Waals surface area contributed by atoms with Crippen molar-refractivity contribution in [2.75, 3.05) is 12.8 Å². The SMILES string of the molecule is CS(=O)(=O)Cc1cccc(C(=O)NCCCn2nc3n(c2=O)CCCC3)c1. The van der Waals surface area contributed by atoms with E-state index in [0.29, 0.717) is 30.6 Å². The molecular formula is C18H24N4O4S. The first-order valence-corrected chi connectivity index (χ1v) is 11.1. The van der Waals surface area contributed by atoms with E-state index in [0.717, 1.165) is 37.9 Å². The number of benzene rings is 1. The lowest BCUT2D eigenvalue weighted by Gasteiger charge is -2.09. The van der Waals surface area contributed by atoms with Crippen molar-refractivity contribution in [3.05, 3.63) is 51.7 Å². The molecule has 0 saturated carbocycles. The van der Waals surface area contributed by atoms with Gasteiger partial charge in [0.25, 0.3) is 5.91 Å². The van der Waals surface area contributed by atoms with Gasteiger partial charge in [0.15, 0.2) is 9.84 Å². The number of rotatable bonds is 7. The monoisotopic (exact) mass is 392 g/mol. The number of sulfone groups is 1. The van der Waals surface area contributed by atoms with E-state index in [-0.39, 0.29) is 17.3 Å². The Balaban J connectivity index is 1.52. The summed E-state index contributed by atoms with van der Waals surface area (Å²) in [5, 5.41) is 7.17. The molecule has 2 aromatic rings. The molecule has 27 heavy (non-hydrogen) atoms. The molecule has 9 heteroatoms. The van der Waals surface area contributed by atoms with Crippen molar-refractivity contribution in [2.45, 2.75) is 44.5 Å². The molecule has 1 aliphatic heterocycles. The Labute approximate surface area is 158 Å². The molecule has 0 bridgehead atoms. The van der Waals surface area contributed by atoms with E-state index in [9.17, 15) is 18.0 Å². The molecule has 3 rings (SSSR count). The van der Waals surface area contributed by atoms with Gasteiger partial charge < -0.3 is 5.32 Å². The zero-order chi connectivity index (χ0) is 19.4. The van der Waals surface area contributed by atoms with Crippen LogP contribution in [0.15, 0.2) is 29.1 Å². The molecule has 1 amide bonds. The van der Waals surface area contributed by atoms with Crippen LogP contribution in [-0.4, -0.2) is 41.5 Å². The van der Waals surface area contributed by atoms with Crippen molar-refractivity contribution < 1.29 is 13.2 Å². The molecule has 1 aromatic carbocycles. The third kappa shape index (κ3) is 5.06. The molecule has 146 valence electrons. The zero-order valence-corrected chi connectivity index (χ0v) is 16.2. The molecule has 0 aliphatic carbocycles. The molecule has 0 unspecified atom stereocenters. The van der Waals surface area contributed by atoms with Gasteiger partial charge in [0.05, 0.1) is 5.75 Å². The topological polar surface area (TPSA) is 103 Å². The van der Waals surface area contributed by atoms with Gasteiger partial charge in [-0.15, -0.1) is 0 Å². The maximum atomic E-state index is 12.3. The minimum atomic E-state index is -3.15. The van der Waals surface area contributed by atoms with Gasteiger partial charge in [0.1, 0.15) is 5.82 Å². The molecule has 0 radical (unpaired) electrons. The lowest BCUT2D eigenvalue weighted by molar-refractivity contribution is 0.0952. The second-order valence-electron chi connectivity index (χ2n) is 6.91. The molecule has 0 saturated heterocycles. The molecule has 2 heterocycles. The molecular weight excluding hydrogens is 368 g/mol. The number of amides is 1. The van der Waals surface area contributed by atoms with Gasteiger partial charge in [-0.3, -0.25) is 9.36 Å². The Hall–Kier alpha value is -2.42. The zero-order valence-electron chi connectivity index (χ0n) is 15.3. The lowest BCUT2D eigenvalue weighted by atomic mass is 10.1. The second kappa shape index (κ2) is 8.08. The number of nitrogens with one attached hydrogen (secondary N) is 1. The fourth-order valence-electron chi connectivity index (χ4n) is 3.23. The highest BCUT2D eigenvalue weighted by Crippen LogP contribution is 2.10. The van der Waals surface area contributed by atoms with E-state index in [1.54, 1.807) is 28.8 Å². The predicted molar refractivity (Wildman–Crippen MR) is 101 cm³/mol. The Morgan fingerprint density at radius 3 is 2.85 bits per heavy atom. The van der Waals surface area contributed by atoms with Crippen molar-refractivity contribution in [2.24, 2.45) is 0 Å². The first kappa shape index (κ1) is 19.3. The maximum absolute atomic E-state index is 12.3. The molecule has 0 fully saturated rings. The van der Waals surface area contributed by atoms with Crippen LogP contribution in [0.2, 0.25) is 0 Å². The van der Waals surface area contributed by atoms with Crippen LogP contribution in [0.25, 0.3) is 0 Å². The van der Waals surface area contributed by atoms with Crippen molar-refractivity contribution >= 4 is 15.7 Å². The van der Waals surface area contributed by atoms with Gasteiger partial charge in [-0.05, 0) is 37.0 Å². The van der Waals surface area contributed by atoms with Crippen molar-refractivity contribution in [3.8, 4) is 0 Å². The summed E-state index contributed by atoms with van der Waals surface area (Å²) in [7, 11) is -3.15. The maximum Gasteiger partial charge on any atom is 0.345 e. The number of carbonyl (C=O) groups is 1. The molecule has 1 aliphatic rings. The van der Waals surface area contributed by atoms with E-state index in [1.165, 1.54) is 4.68 Å². The quantitative estimate of drug-likeness (QED) is 0.700. The third-order valence-corrected chi connectivity index (χ3v) is 5.34. The minimum absolute atomic E-state index is 0.0792. The summed E-state index contributed by atoms with van der Waals surface area (Å²) < 4.78 is 26.0. The number of carbonyl (C=O) groups excluding carboxylic acids is 1. The smallest absolute Gasteiger partial charge is 0.345 e. The van der Waals surface area contributed by atoms with Crippen molar-refractivity contribution in [1.82, 2.24) is 19.7 Å². The number of nitrogens with zero attached hydrogens (tertiary/aromatic N) is 3. The predicted octanol–water partition coefficient (Wildman–Crippen LogP) is 0.746. The first-order valence-electron chi connectivity index (χ1n) is 9.05. The number of aromatic nitrogens is 3. The van der Waals surface area contributed by atoms with Gasteiger partial charge in [-0.2, -0.15) is 5.10 Å². The van der Waals surface area contributed by atoms with Crippen LogP contribution in [0.3, 0.4) is 0 Å². The van der Waals surface area contributed by atoms with Crippen LogP contribution >= 0.6 is 0 Å². The standard InChI is InChI=1S/C18H24N4O4S/c1-27(25,26)13-14-6-4-7-15(12-14)17(23)19-9-5-11-22-18(24)21-10-3-2-8-16(21)20-22/h4,6-7,12H,2-3,5,8-11,13H2,1H3,(H,19,23). The molecule has 1 aromatic heterocycles. The minimum Gasteiger partial charge on any atom is -0.352 e. The lowest BCUT2D eigenvalue weighted by Crippen LogP contribution is -2.29. The van der Waals surface area contributed by atoms with Crippen molar-refractivity contribution in [1.29, 1.82) is 0 Å². The highest BCUT2D eigenvalue weighted by atomic mass is 32.2. The van der Waals surface area contributed by atoms with Gasteiger partial charge in [-0.1, -0.05) is 12.1 Å². The summed E-state index contributed by atoms with van der Waals surface area (Å²) in [6.45, 7) is 1.59. The van der Waals surface area contributed by atoms with Gasteiger partial charge in [0.2, 0.25) is 0 Å². The van der Waals surface area contributed by atoms with E-state index in [1.807, 2.05) is 0 Å². The third-order valence-electron chi connectivity index (χ3n) is 4.48. The average molecular weight is 392 g/mol. The Morgan fingerprint density at radius 2 is 2.11 bits per heavy atom. The molecule has 0 atom stereocenters. The van der Waals surface area contributed by atoms with Crippen LogP contribution in [0, 0.1) is 0 Å². The van der Waals surface area contributed by atoms with E-state index in [4.69, 9.17) is 0 Å². The Morgan fingerprint density at radius 1 is 1.30 bits per heavy atom. The first-order chi connectivity index (χ1) is 12.8. The largest absolute Gasteiger partial charge is 0.352 e. The van der Waals surface area contributed by atoms with E-state index in [2.05, 4.69) is 10.4 Å².